The molecule has 9 nitrogen and oxygen atoms in total. The van der Waals surface area contributed by atoms with Gasteiger partial charge in [0, 0.05) is 37.7 Å². The van der Waals surface area contributed by atoms with Gasteiger partial charge in [-0.15, -0.1) is 0 Å². The number of fused-ring (bicyclic) bond motifs is 1. The van der Waals surface area contributed by atoms with E-state index in [4.69, 9.17) is 4.74 Å². The quantitative estimate of drug-likeness (QED) is 0.717. The maximum atomic E-state index is 13.0. The monoisotopic (exact) mass is 455 g/mol. The van der Waals surface area contributed by atoms with Crippen LogP contribution in [0.4, 0.5) is 4.79 Å². The fourth-order valence-corrected chi connectivity index (χ4v) is 3.67. The van der Waals surface area contributed by atoms with Gasteiger partial charge < -0.3 is 20.3 Å². The Morgan fingerprint density at radius 2 is 1.70 bits per heavy atom. The van der Waals surface area contributed by atoms with Gasteiger partial charge in [-0.3, -0.25) is 9.59 Å². The summed E-state index contributed by atoms with van der Waals surface area (Å²) in [4.78, 5) is 47.7. The molecule has 1 aromatic heterocycles. The first-order valence-corrected chi connectivity index (χ1v) is 11.3. The van der Waals surface area contributed by atoms with Crippen molar-refractivity contribution in [2.45, 2.75) is 65.5 Å². The van der Waals surface area contributed by atoms with Gasteiger partial charge in [0.15, 0.2) is 0 Å². The Labute approximate surface area is 194 Å². The number of hydrogen-bond donors (Lipinski definition) is 2. The molecule has 0 aliphatic carbocycles. The van der Waals surface area contributed by atoms with Crippen molar-refractivity contribution in [2.24, 2.45) is 0 Å². The molecule has 3 rings (SSSR count). The third-order valence-corrected chi connectivity index (χ3v) is 5.49. The van der Waals surface area contributed by atoms with E-state index in [-0.39, 0.29) is 30.8 Å². The molecule has 1 aliphatic rings. The lowest BCUT2D eigenvalue weighted by Crippen LogP contribution is -2.47. The molecule has 1 aromatic carbocycles. The van der Waals surface area contributed by atoms with Crippen molar-refractivity contribution in [1.82, 2.24) is 25.5 Å². The maximum absolute atomic E-state index is 13.0. The van der Waals surface area contributed by atoms with Crippen LogP contribution in [0.1, 0.15) is 61.8 Å². The molecule has 2 N–H and O–H groups in total. The van der Waals surface area contributed by atoms with Gasteiger partial charge >= 0.3 is 6.09 Å². The molecule has 1 aliphatic heterocycles. The van der Waals surface area contributed by atoms with Gasteiger partial charge in [0.2, 0.25) is 5.91 Å². The minimum Gasteiger partial charge on any atom is -0.444 e. The molecule has 3 amide bonds. The third kappa shape index (κ3) is 6.87. The van der Waals surface area contributed by atoms with Crippen LogP contribution in [0, 0.1) is 13.8 Å². The van der Waals surface area contributed by atoms with Gasteiger partial charge in [0.05, 0.1) is 22.4 Å². The highest BCUT2D eigenvalue weighted by atomic mass is 16.6. The summed E-state index contributed by atoms with van der Waals surface area (Å²) in [5.41, 5.74) is 3.24. The lowest BCUT2D eigenvalue weighted by molar-refractivity contribution is -0.121. The highest BCUT2D eigenvalue weighted by molar-refractivity contribution is 5.97. The highest BCUT2D eigenvalue weighted by Crippen LogP contribution is 2.18. The zero-order valence-electron chi connectivity index (χ0n) is 20.0. The number of carbonyl (C=O) groups excluding carboxylic acids is 3. The van der Waals surface area contributed by atoms with E-state index >= 15 is 0 Å². The number of aryl methyl sites for hydroxylation is 2. The predicted octanol–water partition coefficient (Wildman–Crippen LogP) is 2.88. The summed E-state index contributed by atoms with van der Waals surface area (Å²) in [6.07, 6.45) is 1.01. The first-order valence-electron chi connectivity index (χ1n) is 11.3. The summed E-state index contributed by atoms with van der Waals surface area (Å²) >= 11 is 0. The van der Waals surface area contributed by atoms with Gasteiger partial charge in [-0.2, -0.15) is 0 Å². The van der Waals surface area contributed by atoms with E-state index in [1.165, 1.54) is 0 Å². The van der Waals surface area contributed by atoms with Gasteiger partial charge in [-0.05, 0) is 65.7 Å². The molecular weight excluding hydrogens is 422 g/mol. The fourth-order valence-electron chi connectivity index (χ4n) is 3.67. The van der Waals surface area contributed by atoms with E-state index in [1.54, 1.807) is 32.9 Å². The number of amides is 3. The lowest BCUT2D eigenvalue weighted by atomic mass is 10.0. The van der Waals surface area contributed by atoms with Crippen molar-refractivity contribution in [3.05, 3.63) is 35.2 Å². The normalized spacial score (nSPS) is 14.8. The second-order valence-electron chi connectivity index (χ2n) is 9.41. The third-order valence-electron chi connectivity index (χ3n) is 5.49. The average Bonchev–Trinajstić information content (AvgIpc) is 2.73. The van der Waals surface area contributed by atoms with Crippen LogP contribution in [0.25, 0.3) is 11.0 Å². The van der Waals surface area contributed by atoms with E-state index in [0.29, 0.717) is 37.0 Å². The number of ether oxygens (including phenoxy) is 1. The van der Waals surface area contributed by atoms with Crippen LogP contribution in [-0.4, -0.2) is 64.1 Å². The topological polar surface area (TPSA) is 114 Å². The first kappa shape index (κ1) is 24.4. The smallest absolute Gasteiger partial charge is 0.407 e. The van der Waals surface area contributed by atoms with Crippen molar-refractivity contribution < 1.29 is 19.1 Å². The van der Waals surface area contributed by atoms with Crippen molar-refractivity contribution in [3.63, 3.8) is 0 Å². The van der Waals surface area contributed by atoms with Crippen molar-refractivity contribution in [1.29, 1.82) is 0 Å². The number of carbonyl (C=O) groups is 3. The molecule has 33 heavy (non-hydrogen) atoms. The molecule has 0 bridgehead atoms. The summed E-state index contributed by atoms with van der Waals surface area (Å²) in [5, 5.41) is 5.57. The van der Waals surface area contributed by atoms with Crippen molar-refractivity contribution in [3.8, 4) is 0 Å². The number of likely N-dealkylation sites (tertiary alicyclic amines) is 1. The van der Waals surface area contributed by atoms with Crippen LogP contribution in [0.5, 0.6) is 0 Å². The Hall–Kier alpha value is -3.23. The molecule has 0 atom stereocenters. The summed E-state index contributed by atoms with van der Waals surface area (Å²) in [6, 6.07) is 5.43. The van der Waals surface area contributed by atoms with Crippen molar-refractivity contribution >= 4 is 28.9 Å². The Morgan fingerprint density at radius 1 is 1.06 bits per heavy atom. The molecule has 2 aromatic rings. The van der Waals surface area contributed by atoms with E-state index in [1.807, 2.05) is 24.8 Å². The van der Waals surface area contributed by atoms with Crippen LogP contribution in [0.15, 0.2) is 18.2 Å². The molecule has 0 unspecified atom stereocenters. The minimum absolute atomic E-state index is 0.0103. The van der Waals surface area contributed by atoms with Gasteiger partial charge in [0.1, 0.15) is 5.60 Å². The number of piperidine rings is 1. The summed E-state index contributed by atoms with van der Waals surface area (Å²) in [6.45, 7) is 10.5. The van der Waals surface area contributed by atoms with Gasteiger partial charge in [0.25, 0.3) is 5.91 Å². The Bertz CT molecular complexity index is 1040. The van der Waals surface area contributed by atoms with Crippen LogP contribution in [-0.2, 0) is 9.53 Å². The molecule has 2 heterocycles. The molecule has 9 heteroatoms. The first-order chi connectivity index (χ1) is 15.5. The maximum Gasteiger partial charge on any atom is 0.407 e. The zero-order valence-corrected chi connectivity index (χ0v) is 20.0. The van der Waals surface area contributed by atoms with E-state index < -0.39 is 11.7 Å². The summed E-state index contributed by atoms with van der Waals surface area (Å²) in [5.74, 6) is -0.169. The Morgan fingerprint density at radius 3 is 2.33 bits per heavy atom. The number of aromatic nitrogens is 2. The lowest BCUT2D eigenvalue weighted by Gasteiger charge is -2.32. The van der Waals surface area contributed by atoms with Crippen LogP contribution >= 0.6 is 0 Å². The minimum atomic E-state index is -0.573. The van der Waals surface area contributed by atoms with Gasteiger partial charge in [-0.25, -0.2) is 14.8 Å². The molecule has 0 radical (unpaired) electrons. The van der Waals surface area contributed by atoms with Crippen LogP contribution < -0.4 is 10.6 Å². The van der Waals surface area contributed by atoms with Gasteiger partial charge in [-0.1, -0.05) is 0 Å². The number of rotatable bonds is 5. The average molecular weight is 456 g/mol. The molecule has 0 spiro atoms. The number of benzene rings is 1. The second-order valence-corrected chi connectivity index (χ2v) is 9.41. The Kier molecular flexibility index (Phi) is 7.50. The summed E-state index contributed by atoms with van der Waals surface area (Å²) < 4.78 is 5.15. The molecular formula is C24H33N5O4. The molecule has 0 saturated carbocycles. The highest BCUT2D eigenvalue weighted by Gasteiger charge is 2.25. The van der Waals surface area contributed by atoms with E-state index in [0.717, 1.165) is 16.9 Å². The standard InChI is InChI=1S/C24H33N5O4/c1-15-16(2)27-20-14-17(6-7-19(20)26-15)22(31)29-12-9-18(10-13-29)28-21(30)8-11-25-23(32)33-24(3,4)5/h6-7,14,18H,8-13H2,1-5H3,(H,25,32)(H,28,30). The Balaban J connectivity index is 1.45. The predicted molar refractivity (Wildman–Crippen MR) is 125 cm³/mol. The fraction of sp³-hybridized carbons (Fsp3) is 0.542. The van der Waals surface area contributed by atoms with Crippen LogP contribution in [0.3, 0.4) is 0 Å². The second kappa shape index (κ2) is 10.1. The SMILES string of the molecule is Cc1nc2ccc(C(=O)N3CCC(NC(=O)CCNC(=O)OC(C)(C)C)CC3)cc2nc1C. The molecule has 1 saturated heterocycles. The van der Waals surface area contributed by atoms with E-state index in [9.17, 15) is 14.4 Å². The molecule has 178 valence electrons. The zero-order chi connectivity index (χ0) is 24.2. The number of hydrogen-bond acceptors (Lipinski definition) is 6. The molecule has 1 fully saturated rings. The number of alkyl carbamates (subject to hydrolysis) is 1. The largest absolute Gasteiger partial charge is 0.444 e. The van der Waals surface area contributed by atoms with E-state index in [2.05, 4.69) is 20.6 Å². The number of nitrogens with one attached hydrogen (secondary N) is 2. The van der Waals surface area contributed by atoms with Crippen LogP contribution in [0.2, 0.25) is 0 Å². The van der Waals surface area contributed by atoms with Crippen molar-refractivity contribution in [2.75, 3.05) is 19.6 Å². The number of nitrogens with zero attached hydrogens (tertiary/aromatic N) is 3. The summed E-state index contributed by atoms with van der Waals surface area (Å²) in [7, 11) is 0.